The number of carbonyl (C=O) groups is 1. The monoisotopic (exact) mass is 417 g/mol. The zero-order valence-corrected chi connectivity index (χ0v) is 17.0. The molecule has 2 rings (SSSR count). The second-order valence-electron chi connectivity index (χ2n) is 5.26. The Morgan fingerprint density at radius 2 is 2.08 bits per heavy atom. The number of aromatic nitrogens is 3. The Morgan fingerprint density at radius 1 is 1.27 bits per heavy atom. The summed E-state index contributed by atoms with van der Waals surface area (Å²) >= 11 is 13.3. The number of thioether (sulfide) groups is 1. The lowest BCUT2D eigenvalue weighted by molar-refractivity contribution is -0.139. The standard InChI is InChI=1S/C17H21Cl2N3O3S/c1-3-22-15(20-21-17(22)26-11-16(23)24-4-2)6-5-9-25-14-8-7-12(18)10-13(14)19/h7-8,10H,3-6,9,11H2,1-2H3. The molecule has 1 aromatic carbocycles. The third-order valence-electron chi connectivity index (χ3n) is 3.43. The van der Waals surface area contributed by atoms with Gasteiger partial charge in [-0.2, -0.15) is 0 Å². The van der Waals surface area contributed by atoms with E-state index in [0.29, 0.717) is 35.4 Å². The van der Waals surface area contributed by atoms with Crippen molar-refractivity contribution in [2.45, 2.75) is 38.4 Å². The quantitative estimate of drug-likeness (QED) is 0.326. The normalized spacial score (nSPS) is 10.8. The summed E-state index contributed by atoms with van der Waals surface area (Å²) in [6, 6.07) is 5.14. The highest BCUT2D eigenvalue weighted by Gasteiger charge is 2.13. The van der Waals surface area contributed by atoms with Crippen molar-refractivity contribution in [3.8, 4) is 5.75 Å². The molecule has 0 amide bonds. The highest BCUT2D eigenvalue weighted by atomic mass is 35.5. The topological polar surface area (TPSA) is 66.2 Å². The molecule has 0 bridgehead atoms. The minimum atomic E-state index is -0.252. The van der Waals surface area contributed by atoms with Crippen molar-refractivity contribution >= 4 is 40.9 Å². The maximum absolute atomic E-state index is 11.5. The van der Waals surface area contributed by atoms with E-state index in [1.165, 1.54) is 11.8 Å². The molecule has 0 N–H and O–H groups in total. The molecule has 1 heterocycles. The fourth-order valence-electron chi connectivity index (χ4n) is 2.26. The summed E-state index contributed by atoms with van der Waals surface area (Å²) in [6.07, 6.45) is 1.48. The van der Waals surface area contributed by atoms with E-state index in [2.05, 4.69) is 10.2 Å². The fraction of sp³-hybridized carbons (Fsp3) is 0.471. The zero-order chi connectivity index (χ0) is 18.9. The molecule has 0 atom stereocenters. The molecule has 0 aliphatic rings. The van der Waals surface area contributed by atoms with Gasteiger partial charge < -0.3 is 14.0 Å². The highest BCUT2D eigenvalue weighted by Crippen LogP contribution is 2.27. The summed E-state index contributed by atoms with van der Waals surface area (Å²) in [5.41, 5.74) is 0. The first-order valence-corrected chi connectivity index (χ1v) is 10.1. The van der Waals surface area contributed by atoms with Gasteiger partial charge in [0.1, 0.15) is 11.6 Å². The van der Waals surface area contributed by atoms with E-state index in [-0.39, 0.29) is 11.7 Å². The maximum atomic E-state index is 11.5. The van der Waals surface area contributed by atoms with Gasteiger partial charge in [-0.1, -0.05) is 35.0 Å². The van der Waals surface area contributed by atoms with Crippen LogP contribution in [0.3, 0.4) is 0 Å². The van der Waals surface area contributed by atoms with Gasteiger partial charge in [-0.25, -0.2) is 0 Å². The van der Waals surface area contributed by atoms with Crippen molar-refractivity contribution in [3.05, 3.63) is 34.1 Å². The third kappa shape index (κ3) is 6.07. The van der Waals surface area contributed by atoms with E-state index in [4.69, 9.17) is 32.7 Å². The molecule has 0 aliphatic carbocycles. The Labute approximate surface area is 167 Å². The van der Waals surface area contributed by atoms with Crippen LogP contribution in [0, 0.1) is 0 Å². The van der Waals surface area contributed by atoms with Gasteiger partial charge in [0.25, 0.3) is 0 Å². The van der Waals surface area contributed by atoms with E-state index >= 15 is 0 Å². The SMILES string of the molecule is CCOC(=O)CSc1nnc(CCCOc2ccc(Cl)cc2Cl)n1CC. The molecule has 0 fully saturated rings. The average Bonchev–Trinajstić information content (AvgIpc) is 3.00. The number of ether oxygens (including phenoxy) is 2. The summed E-state index contributed by atoms with van der Waals surface area (Å²) in [5.74, 6) is 1.45. The molecule has 0 saturated heterocycles. The second-order valence-corrected chi connectivity index (χ2v) is 7.05. The Morgan fingerprint density at radius 3 is 2.77 bits per heavy atom. The number of aryl methyl sites for hydroxylation is 1. The minimum absolute atomic E-state index is 0.226. The Balaban J connectivity index is 1.84. The number of halogens is 2. The zero-order valence-electron chi connectivity index (χ0n) is 14.7. The van der Waals surface area contributed by atoms with Gasteiger partial charge in [0.05, 0.1) is 24.0 Å². The number of hydrogen-bond donors (Lipinski definition) is 0. The van der Waals surface area contributed by atoms with E-state index in [1.807, 2.05) is 11.5 Å². The molecule has 0 unspecified atom stereocenters. The molecule has 0 aliphatic heterocycles. The fourth-order valence-corrected chi connectivity index (χ4v) is 3.54. The lowest BCUT2D eigenvalue weighted by Gasteiger charge is -2.09. The molecule has 142 valence electrons. The number of hydrogen-bond acceptors (Lipinski definition) is 6. The van der Waals surface area contributed by atoms with E-state index in [9.17, 15) is 4.79 Å². The molecule has 2 aromatic rings. The number of rotatable bonds is 10. The number of esters is 1. The Kier molecular flexibility index (Phi) is 8.54. The van der Waals surface area contributed by atoms with Crippen LogP contribution >= 0.6 is 35.0 Å². The van der Waals surface area contributed by atoms with E-state index in [1.54, 1.807) is 25.1 Å². The first-order chi connectivity index (χ1) is 12.5. The Bertz CT molecular complexity index is 740. The van der Waals surface area contributed by atoms with Crippen LogP contribution in [0.2, 0.25) is 10.0 Å². The van der Waals surface area contributed by atoms with Crippen LogP contribution < -0.4 is 4.74 Å². The molecule has 0 saturated carbocycles. The van der Waals surface area contributed by atoms with Gasteiger partial charge in [-0.15, -0.1) is 10.2 Å². The van der Waals surface area contributed by atoms with Crippen LogP contribution in [0.25, 0.3) is 0 Å². The van der Waals surface area contributed by atoms with Crippen LogP contribution in [-0.4, -0.2) is 39.7 Å². The predicted octanol–water partition coefficient (Wildman–Crippen LogP) is 4.27. The van der Waals surface area contributed by atoms with Crippen LogP contribution in [0.1, 0.15) is 26.1 Å². The second kappa shape index (κ2) is 10.6. The first kappa shape index (κ1) is 20.9. The van der Waals surface area contributed by atoms with Crippen LogP contribution in [0.15, 0.2) is 23.4 Å². The average molecular weight is 418 g/mol. The number of benzene rings is 1. The Hall–Kier alpha value is -1.44. The number of nitrogens with zero attached hydrogens (tertiary/aromatic N) is 3. The van der Waals surface area contributed by atoms with Gasteiger partial charge in [0.15, 0.2) is 5.16 Å². The molecule has 0 spiro atoms. The molecular weight excluding hydrogens is 397 g/mol. The summed E-state index contributed by atoms with van der Waals surface area (Å²) in [7, 11) is 0. The maximum Gasteiger partial charge on any atom is 0.316 e. The van der Waals surface area contributed by atoms with Crippen molar-refractivity contribution in [1.82, 2.24) is 14.8 Å². The van der Waals surface area contributed by atoms with Gasteiger partial charge >= 0.3 is 5.97 Å². The lowest BCUT2D eigenvalue weighted by Crippen LogP contribution is -2.09. The van der Waals surface area contributed by atoms with Crippen molar-refractivity contribution in [2.75, 3.05) is 19.0 Å². The van der Waals surface area contributed by atoms with Crippen LogP contribution in [-0.2, 0) is 22.5 Å². The molecule has 0 radical (unpaired) electrons. The summed E-state index contributed by atoms with van der Waals surface area (Å²) in [6.45, 7) is 5.42. The van der Waals surface area contributed by atoms with Crippen molar-refractivity contribution < 1.29 is 14.3 Å². The van der Waals surface area contributed by atoms with Crippen molar-refractivity contribution in [3.63, 3.8) is 0 Å². The molecular formula is C17H21Cl2N3O3S. The van der Waals surface area contributed by atoms with Gasteiger partial charge in [0, 0.05) is 18.0 Å². The highest BCUT2D eigenvalue weighted by molar-refractivity contribution is 7.99. The van der Waals surface area contributed by atoms with E-state index in [0.717, 1.165) is 23.9 Å². The lowest BCUT2D eigenvalue weighted by atomic mass is 10.3. The van der Waals surface area contributed by atoms with Crippen molar-refractivity contribution in [2.24, 2.45) is 0 Å². The summed E-state index contributed by atoms with van der Waals surface area (Å²) < 4.78 is 12.6. The largest absolute Gasteiger partial charge is 0.492 e. The molecule has 9 heteroatoms. The predicted molar refractivity (Wildman–Crippen MR) is 103 cm³/mol. The summed E-state index contributed by atoms with van der Waals surface area (Å²) in [4.78, 5) is 11.5. The van der Waals surface area contributed by atoms with E-state index < -0.39 is 0 Å². The molecule has 26 heavy (non-hydrogen) atoms. The number of carbonyl (C=O) groups excluding carboxylic acids is 1. The first-order valence-electron chi connectivity index (χ1n) is 8.33. The molecule has 6 nitrogen and oxygen atoms in total. The summed E-state index contributed by atoms with van der Waals surface area (Å²) in [5, 5.41) is 10.2. The minimum Gasteiger partial charge on any atom is -0.492 e. The van der Waals surface area contributed by atoms with Gasteiger partial charge in [0.2, 0.25) is 0 Å². The smallest absolute Gasteiger partial charge is 0.316 e. The van der Waals surface area contributed by atoms with Gasteiger partial charge in [-0.05, 0) is 38.5 Å². The van der Waals surface area contributed by atoms with Crippen LogP contribution in [0.5, 0.6) is 5.75 Å². The van der Waals surface area contributed by atoms with Crippen molar-refractivity contribution in [1.29, 1.82) is 0 Å². The molecule has 1 aromatic heterocycles. The van der Waals surface area contributed by atoms with Gasteiger partial charge in [-0.3, -0.25) is 4.79 Å². The van der Waals surface area contributed by atoms with Crippen LogP contribution in [0.4, 0.5) is 0 Å². The third-order valence-corrected chi connectivity index (χ3v) is 4.90.